The Hall–Kier alpha value is -3.24. The minimum atomic E-state index is -1.33. The van der Waals surface area contributed by atoms with Crippen LogP contribution in [-0.4, -0.2) is 89.0 Å². The van der Waals surface area contributed by atoms with Crippen molar-refractivity contribution in [3.8, 4) is 11.1 Å². The molecule has 1 saturated carbocycles. The Morgan fingerprint density at radius 1 is 0.976 bits per heavy atom. The molecular weight excluding hydrogens is 551 g/mol. The SMILES string of the molecule is CN1CCN(C(=O)[C@H](C[S+]([O-])CCN[C@]2(C)C[C@H]2c2ccc(F)cc2)NC(=O)c2ccc(-c3ccccc3)cc2)CC1. The van der Waals surface area contributed by atoms with Crippen molar-refractivity contribution in [1.29, 1.82) is 0 Å². The van der Waals surface area contributed by atoms with E-state index in [1.54, 1.807) is 17.0 Å². The van der Waals surface area contributed by atoms with Crippen LogP contribution < -0.4 is 10.6 Å². The molecule has 42 heavy (non-hydrogen) atoms. The summed E-state index contributed by atoms with van der Waals surface area (Å²) in [6, 6.07) is 22.9. The second-order valence-electron chi connectivity index (χ2n) is 11.6. The van der Waals surface area contributed by atoms with Crippen LogP contribution in [-0.2, 0) is 16.0 Å². The minimum Gasteiger partial charge on any atom is -0.616 e. The molecule has 2 fully saturated rings. The molecule has 9 heteroatoms. The number of hydrogen-bond acceptors (Lipinski definition) is 5. The first-order chi connectivity index (χ1) is 20.2. The van der Waals surface area contributed by atoms with E-state index in [0.29, 0.717) is 31.0 Å². The summed E-state index contributed by atoms with van der Waals surface area (Å²) in [5.74, 6) is -0.0975. The fraction of sp³-hybridized carbons (Fsp3) is 0.394. The van der Waals surface area contributed by atoms with Gasteiger partial charge in [-0.05, 0) is 72.5 Å². The van der Waals surface area contributed by atoms with Crippen molar-refractivity contribution in [2.75, 3.05) is 51.3 Å². The molecule has 0 spiro atoms. The first-order valence-corrected chi connectivity index (χ1v) is 16.0. The Balaban J connectivity index is 1.19. The van der Waals surface area contributed by atoms with E-state index < -0.39 is 17.2 Å². The number of benzene rings is 3. The second kappa shape index (κ2) is 13.4. The van der Waals surface area contributed by atoms with Gasteiger partial charge in [-0.25, -0.2) is 4.39 Å². The quantitative estimate of drug-likeness (QED) is 0.333. The van der Waals surface area contributed by atoms with E-state index in [4.69, 9.17) is 0 Å². The van der Waals surface area contributed by atoms with Gasteiger partial charge in [0.25, 0.3) is 5.91 Å². The molecule has 2 N–H and O–H groups in total. The summed E-state index contributed by atoms with van der Waals surface area (Å²) in [6.07, 6.45) is 0.926. The highest BCUT2D eigenvalue weighted by Crippen LogP contribution is 2.50. The summed E-state index contributed by atoms with van der Waals surface area (Å²) < 4.78 is 26.5. The molecular formula is C33H39FN4O3S. The number of nitrogens with one attached hydrogen (secondary N) is 2. The topological polar surface area (TPSA) is 87.7 Å². The van der Waals surface area contributed by atoms with Gasteiger partial charge in [-0.15, -0.1) is 0 Å². The van der Waals surface area contributed by atoms with Crippen LogP contribution in [0, 0.1) is 5.82 Å². The second-order valence-corrected chi connectivity index (χ2v) is 13.2. The summed E-state index contributed by atoms with van der Waals surface area (Å²) in [5.41, 5.74) is 3.46. The summed E-state index contributed by atoms with van der Waals surface area (Å²) in [4.78, 5) is 30.7. The van der Waals surface area contributed by atoms with Crippen LogP contribution in [0.4, 0.5) is 4.39 Å². The molecule has 1 aliphatic heterocycles. The molecule has 2 aliphatic rings. The molecule has 2 amide bonds. The van der Waals surface area contributed by atoms with E-state index in [1.807, 2.05) is 61.6 Å². The Labute approximate surface area is 250 Å². The van der Waals surface area contributed by atoms with Crippen molar-refractivity contribution >= 4 is 23.0 Å². The predicted octanol–water partition coefficient (Wildman–Crippen LogP) is 3.65. The van der Waals surface area contributed by atoms with Crippen molar-refractivity contribution in [3.63, 3.8) is 0 Å². The largest absolute Gasteiger partial charge is 0.616 e. The maximum atomic E-state index is 13.5. The first kappa shape index (κ1) is 30.2. The molecule has 1 unspecified atom stereocenters. The Kier molecular flexibility index (Phi) is 9.63. The van der Waals surface area contributed by atoms with Gasteiger partial charge in [0.2, 0.25) is 5.91 Å². The molecule has 1 aliphatic carbocycles. The van der Waals surface area contributed by atoms with Crippen LogP contribution in [0.25, 0.3) is 11.1 Å². The van der Waals surface area contributed by atoms with Gasteiger partial charge in [0.15, 0.2) is 6.04 Å². The zero-order valence-electron chi connectivity index (χ0n) is 24.2. The third kappa shape index (κ3) is 7.58. The lowest BCUT2D eigenvalue weighted by Gasteiger charge is -2.34. The van der Waals surface area contributed by atoms with Crippen LogP contribution in [0.1, 0.15) is 35.2 Å². The first-order valence-electron chi connectivity index (χ1n) is 14.5. The molecule has 0 radical (unpaired) electrons. The molecule has 3 aromatic carbocycles. The van der Waals surface area contributed by atoms with E-state index in [9.17, 15) is 18.5 Å². The average Bonchev–Trinajstić information content (AvgIpc) is 3.68. The van der Waals surface area contributed by atoms with Crippen molar-refractivity contribution in [3.05, 3.63) is 95.8 Å². The fourth-order valence-electron chi connectivity index (χ4n) is 5.57. The van der Waals surface area contributed by atoms with Crippen molar-refractivity contribution in [2.45, 2.75) is 30.8 Å². The van der Waals surface area contributed by atoms with Gasteiger partial charge in [0, 0.05) is 49.7 Å². The van der Waals surface area contributed by atoms with Crippen LogP contribution in [0.5, 0.6) is 0 Å². The van der Waals surface area contributed by atoms with Gasteiger partial charge in [-0.2, -0.15) is 0 Å². The van der Waals surface area contributed by atoms with E-state index >= 15 is 0 Å². The lowest BCUT2D eigenvalue weighted by molar-refractivity contribution is -0.134. The van der Waals surface area contributed by atoms with Gasteiger partial charge in [-0.1, -0.05) is 54.6 Å². The zero-order chi connectivity index (χ0) is 29.7. The highest BCUT2D eigenvalue weighted by atomic mass is 32.2. The average molecular weight is 591 g/mol. The molecule has 3 aromatic rings. The number of carbonyl (C=O) groups is 2. The van der Waals surface area contributed by atoms with E-state index in [0.717, 1.165) is 36.2 Å². The maximum Gasteiger partial charge on any atom is 0.252 e. The standard InChI is InChI=1S/C33H39FN4O3S/c1-33(22-29(33)26-12-14-28(34)15-13-26)35-16-21-42(41)23-30(32(40)38-19-17-37(2)18-20-38)36-31(39)27-10-8-25(9-11-27)24-6-4-3-5-7-24/h3-15,29-30,35H,16-23H2,1-2H3,(H,36,39)/t29-,30-,33+,42?/m0/s1. The third-order valence-electron chi connectivity index (χ3n) is 8.39. The molecule has 0 bridgehead atoms. The normalized spacial score (nSPS) is 21.9. The number of carbonyl (C=O) groups excluding carboxylic acids is 2. The number of rotatable bonds is 11. The Morgan fingerprint density at radius 2 is 1.62 bits per heavy atom. The van der Waals surface area contributed by atoms with Crippen LogP contribution in [0.15, 0.2) is 78.9 Å². The number of nitrogens with zero attached hydrogens (tertiary/aromatic N) is 2. The van der Waals surface area contributed by atoms with Crippen molar-refractivity contribution < 1.29 is 18.5 Å². The third-order valence-corrected chi connectivity index (χ3v) is 9.76. The molecule has 0 aromatic heterocycles. The summed E-state index contributed by atoms with van der Waals surface area (Å²) in [6.45, 7) is 5.30. The van der Waals surface area contributed by atoms with Gasteiger partial charge >= 0.3 is 0 Å². The van der Waals surface area contributed by atoms with Crippen molar-refractivity contribution in [1.82, 2.24) is 20.4 Å². The smallest absolute Gasteiger partial charge is 0.252 e. The van der Waals surface area contributed by atoms with Gasteiger partial charge in [0.1, 0.15) is 17.3 Å². The Bertz CT molecular complexity index is 1350. The highest BCUT2D eigenvalue weighted by Gasteiger charge is 2.50. The summed E-state index contributed by atoms with van der Waals surface area (Å²) >= 11 is -1.33. The fourth-order valence-corrected chi connectivity index (χ4v) is 6.66. The highest BCUT2D eigenvalue weighted by molar-refractivity contribution is 7.91. The number of likely N-dealkylation sites (N-methyl/N-ethyl adjacent to an activating group) is 1. The lowest BCUT2D eigenvalue weighted by Crippen LogP contribution is -2.56. The van der Waals surface area contributed by atoms with Crippen molar-refractivity contribution in [2.24, 2.45) is 0 Å². The van der Waals surface area contributed by atoms with Gasteiger partial charge < -0.3 is 25.0 Å². The molecule has 4 atom stereocenters. The lowest BCUT2D eigenvalue weighted by atomic mass is 10.0. The summed E-state index contributed by atoms with van der Waals surface area (Å²) in [5, 5.41) is 6.40. The minimum absolute atomic E-state index is 0.0544. The maximum absolute atomic E-state index is 13.5. The van der Waals surface area contributed by atoms with Gasteiger partial charge in [-0.3, -0.25) is 9.59 Å². The molecule has 5 rings (SSSR count). The van der Waals surface area contributed by atoms with Crippen LogP contribution in [0.2, 0.25) is 0 Å². The molecule has 1 heterocycles. The zero-order valence-corrected chi connectivity index (χ0v) is 25.0. The number of hydrogen-bond donors (Lipinski definition) is 2. The van der Waals surface area contributed by atoms with E-state index in [-0.39, 0.29) is 34.8 Å². The van der Waals surface area contributed by atoms with E-state index in [1.165, 1.54) is 12.1 Å². The predicted molar refractivity (Wildman–Crippen MR) is 165 cm³/mol. The molecule has 222 valence electrons. The van der Waals surface area contributed by atoms with E-state index in [2.05, 4.69) is 22.5 Å². The number of amides is 2. The number of halogens is 1. The number of piperazine rings is 1. The monoisotopic (exact) mass is 590 g/mol. The van der Waals surface area contributed by atoms with Crippen LogP contribution in [0.3, 0.4) is 0 Å². The summed E-state index contributed by atoms with van der Waals surface area (Å²) in [7, 11) is 2.02. The van der Waals surface area contributed by atoms with Gasteiger partial charge in [0.05, 0.1) is 0 Å². The molecule has 7 nitrogen and oxygen atoms in total. The Morgan fingerprint density at radius 3 is 2.29 bits per heavy atom. The van der Waals surface area contributed by atoms with Crippen LogP contribution >= 0.6 is 0 Å². The molecule has 1 saturated heterocycles.